The zero-order valence-corrected chi connectivity index (χ0v) is 10.7. The Balaban J connectivity index is 2.06. The first-order valence-electron chi connectivity index (χ1n) is 6.17. The topological polar surface area (TPSA) is 88.2 Å². The van der Waals surface area contributed by atoms with Gasteiger partial charge in [0.25, 0.3) is 0 Å². The second-order valence-corrected chi connectivity index (χ2v) is 5.33. The second kappa shape index (κ2) is 4.48. The van der Waals surface area contributed by atoms with Crippen LogP contribution in [0, 0.1) is 11.3 Å². The van der Waals surface area contributed by atoms with Gasteiger partial charge in [0.15, 0.2) is 0 Å². The van der Waals surface area contributed by atoms with E-state index in [9.17, 15) is 4.79 Å². The summed E-state index contributed by atoms with van der Waals surface area (Å²) in [6.45, 7) is 5.27. The smallest absolute Gasteiger partial charge is 0.337 e. The Labute approximate surface area is 106 Å². The van der Waals surface area contributed by atoms with Gasteiger partial charge >= 0.3 is 5.97 Å². The number of pyridine rings is 1. The number of nitrogens with two attached hydrogens (primary N) is 1. The first-order chi connectivity index (χ1) is 8.44. The highest BCUT2D eigenvalue weighted by Gasteiger charge is 2.44. The van der Waals surface area contributed by atoms with Crippen molar-refractivity contribution < 1.29 is 9.90 Å². The average Bonchev–Trinajstić information content (AvgIpc) is 3.08. The van der Waals surface area contributed by atoms with E-state index in [1.54, 1.807) is 0 Å². The van der Waals surface area contributed by atoms with Crippen LogP contribution in [0.15, 0.2) is 12.3 Å². The average molecular weight is 249 g/mol. The molecule has 2 rings (SSSR count). The molecular formula is C13H19N3O2. The van der Waals surface area contributed by atoms with Crippen LogP contribution in [0.5, 0.6) is 0 Å². The Morgan fingerprint density at radius 1 is 1.61 bits per heavy atom. The number of nitrogens with one attached hydrogen (secondary N) is 1. The molecule has 0 unspecified atom stereocenters. The van der Waals surface area contributed by atoms with Gasteiger partial charge in [-0.15, -0.1) is 0 Å². The fourth-order valence-corrected chi connectivity index (χ4v) is 2.13. The Morgan fingerprint density at radius 3 is 2.78 bits per heavy atom. The van der Waals surface area contributed by atoms with Gasteiger partial charge in [-0.05, 0) is 30.2 Å². The van der Waals surface area contributed by atoms with Crippen molar-refractivity contribution in [3.8, 4) is 0 Å². The summed E-state index contributed by atoms with van der Waals surface area (Å²) in [5.41, 5.74) is 6.21. The number of nitrogens with zero attached hydrogens (tertiary/aromatic N) is 1. The molecule has 0 radical (unpaired) electrons. The first kappa shape index (κ1) is 12.7. The molecule has 98 valence electrons. The zero-order chi connectivity index (χ0) is 13.3. The molecule has 1 fully saturated rings. The van der Waals surface area contributed by atoms with Gasteiger partial charge in [-0.25, -0.2) is 9.78 Å². The van der Waals surface area contributed by atoms with Crippen LogP contribution < -0.4 is 11.1 Å². The number of carboxylic acid groups (broad SMARTS) is 1. The lowest BCUT2D eigenvalue weighted by atomic mass is 9.92. The molecule has 5 heteroatoms. The number of anilines is 2. The standard InChI is InChI=1S/C13H19N3O2/c1-8(2)13(3-4-13)7-16-11-5-9(12(17)18)10(14)6-15-11/h5-6,8H,3-4,7,14H2,1-2H3,(H,15,16)(H,17,18). The van der Waals surface area contributed by atoms with Crippen molar-refractivity contribution in [2.45, 2.75) is 26.7 Å². The maximum absolute atomic E-state index is 11.0. The Morgan fingerprint density at radius 2 is 2.28 bits per heavy atom. The maximum atomic E-state index is 11.0. The maximum Gasteiger partial charge on any atom is 0.337 e. The normalized spacial score (nSPS) is 16.6. The lowest BCUT2D eigenvalue weighted by Crippen LogP contribution is -2.21. The molecule has 0 bridgehead atoms. The number of hydrogen-bond acceptors (Lipinski definition) is 4. The van der Waals surface area contributed by atoms with Crippen molar-refractivity contribution >= 4 is 17.5 Å². The van der Waals surface area contributed by atoms with Gasteiger partial charge < -0.3 is 16.2 Å². The molecule has 5 nitrogen and oxygen atoms in total. The summed E-state index contributed by atoms with van der Waals surface area (Å²) in [6.07, 6.45) is 3.83. The van der Waals surface area contributed by atoms with Gasteiger partial charge in [-0.1, -0.05) is 13.8 Å². The number of rotatable bonds is 5. The van der Waals surface area contributed by atoms with E-state index in [1.807, 2.05) is 0 Å². The molecule has 1 aliphatic rings. The Kier molecular flexibility index (Phi) is 3.15. The van der Waals surface area contributed by atoms with E-state index in [0.29, 0.717) is 17.2 Å². The molecule has 18 heavy (non-hydrogen) atoms. The lowest BCUT2D eigenvalue weighted by Gasteiger charge is -2.20. The van der Waals surface area contributed by atoms with E-state index in [2.05, 4.69) is 24.1 Å². The highest BCUT2D eigenvalue weighted by atomic mass is 16.4. The van der Waals surface area contributed by atoms with Crippen molar-refractivity contribution in [2.75, 3.05) is 17.6 Å². The third kappa shape index (κ3) is 2.39. The Bertz CT molecular complexity index is 467. The predicted octanol–water partition coefficient (Wildman–Crippen LogP) is 2.21. The molecule has 1 heterocycles. The zero-order valence-electron chi connectivity index (χ0n) is 10.7. The van der Waals surface area contributed by atoms with Gasteiger partial charge in [0.1, 0.15) is 5.82 Å². The molecule has 1 aliphatic carbocycles. The van der Waals surface area contributed by atoms with Crippen LogP contribution in [0.25, 0.3) is 0 Å². The van der Waals surface area contributed by atoms with E-state index >= 15 is 0 Å². The molecular weight excluding hydrogens is 230 g/mol. The van der Waals surface area contributed by atoms with Gasteiger partial charge in [0.05, 0.1) is 17.4 Å². The molecule has 0 atom stereocenters. The van der Waals surface area contributed by atoms with E-state index in [0.717, 1.165) is 6.54 Å². The summed E-state index contributed by atoms with van der Waals surface area (Å²) in [5.74, 6) is 0.175. The number of carbonyl (C=O) groups is 1. The van der Waals surface area contributed by atoms with E-state index in [1.165, 1.54) is 25.1 Å². The summed E-state index contributed by atoms with van der Waals surface area (Å²) in [4.78, 5) is 15.1. The highest BCUT2D eigenvalue weighted by molar-refractivity contribution is 5.94. The summed E-state index contributed by atoms with van der Waals surface area (Å²) < 4.78 is 0. The monoisotopic (exact) mass is 249 g/mol. The molecule has 0 spiro atoms. The number of nitrogen functional groups attached to an aromatic ring is 1. The van der Waals surface area contributed by atoms with Crippen molar-refractivity contribution in [1.82, 2.24) is 4.98 Å². The summed E-state index contributed by atoms with van der Waals surface area (Å²) in [6, 6.07) is 1.49. The summed E-state index contributed by atoms with van der Waals surface area (Å²) in [7, 11) is 0. The van der Waals surface area contributed by atoms with Gasteiger partial charge in [-0.2, -0.15) is 0 Å². The van der Waals surface area contributed by atoms with E-state index in [4.69, 9.17) is 10.8 Å². The van der Waals surface area contributed by atoms with Crippen LogP contribution >= 0.6 is 0 Å². The van der Waals surface area contributed by atoms with Gasteiger partial charge in [-0.3, -0.25) is 0 Å². The number of carboxylic acids is 1. The first-order valence-corrected chi connectivity index (χ1v) is 6.17. The molecule has 4 N–H and O–H groups in total. The van der Waals surface area contributed by atoms with Crippen LogP contribution in [0.4, 0.5) is 11.5 Å². The molecule has 1 aromatic heterocycles. The third-order valence-corrected chi connectivity index (χ3v) is 3.90. The quantitative estimate of drug-likeness (QED) is 0.744. The van der Waals surface area contributed by atoms with Crippen LogP contribution in [-0.4, -0.2) is 22.6 Å². The van der Waals surface area contributed by atoms with Gasteiger partial charge in [0, 0.05) is 6.54 Å². The molecule has 0 amide bonds. The molecule has 0 aliphatic heterocycles. The minimum absolute atomic E-state index is 0.0990. The molecule has 0 saturated heterocycles. The van der Waals surface area contributed by atoms with Crippen LogP contribution in [0.3, 0.4) is 0 Å². The minimum atomic E-state index is -1.03. The molecule has 0 aromatic carbocycles. The summed E-state index contributed by atoms with van der Waals surface area (Å²) in [5, 5.41) is 12.2. The number of aromatic carboxylic acids is 1. The van der Waals surface area contributed by atoms with Crippen LogP contribution in [0.1, 0.15) is 37.0 Å². The van der Waals surface area contributed by atoms with Crippen molar-refractivity contribution in [1.29, 1.82) is 0 Å². The Hall–Kier alpha value is -1.78. The second-order valence-electron chi connectivity index (χ2n) is 5.33. The molecule has 1 saturated carbocycles. The lowest BCUT2D eigenvalue weighted by molar-refractivity contribution is 0.0698. The van der Waals surface area contributed by atoms with Crippen LogP contribution in [0.2, 0.25) is 0 Å². The van der Waals surface area contributed by atoms with Crippen molar-refractivity contribution in [2.24, 2.45) is 11.3 Å². The number of hydrogen-bond donors (Lipinski definition) is 3. The third-order valence-electron chi connectivity index (χ3n) is 3.90. The fraction of sp³-hybridized carbons (Fsp3) is 0.538. The highest BCUT2D eigenvalue weighted by Crippen LogP contribution is 2.51. The molecule has 1 aromatic rings. The van der Waals surface area contributed by atoms with E-state index in [-0.39, 0.29) is 11.3 Å². The predicted molar refractivity (Wildman–Crippen MR) is 70.6 cm³/mol. The van der Waals surface area contributed by atoms with Crippen molar-refractivity contribution in [3.05, 3.63) is 17.8 Å². The van der Waals surface area contributed by atoms with Gasteiger partial charge in [0.2, 0.25) is 0 Å². The van der Waals surface area contributed by atoms with Crippen molar-refractivity contribution in [3.63, 3.8) is 0 Å². The number of aromatic nitrogens is 1. The van der Waals surface area contributed by atoms with Crippen LogP contribution in [-0.2, 0) is 0 Å². The largest absolute Gasteiger partial charge is 0.478 e. The minimum Gasteiger partial charge on any atom is -0.478 e. The SMILES string of the molecule is CC(C)C1(CNc2cc(C(=O)O)c(N)cn2)CC1. The summed E-state index contributed by atoms with van der Waals surface area (Å²) >= 11 is 0. The van der Waals surface area contributed by atoms with E-state index < -0.39 is 5.97 Å². The fourth-order valence-electron chi connectivity index (χ4n) is 2.13.